The zero-order chi connectivity index (χ0) is 43.0. The first-order valence-corrected chi connectivity index (χ1v) is 21.2. The van der Waals surface area contributed by atoms with Crippen molar-refractivity contribution in [2.24, 2.45) is 0 Å². The Morgan fingerprint density at radius 3 is 0.803 bits per heavy atom. The molecule has 0 fully saturated rings. The number of aromatic nitrogens is 4. The van der Waals surface area contributed by atoms with E-state index in [0.717, 1.165) is 89.4 Å². The van der Waals surface area contributed by atoms with E-state index in [2.05, 4.69) is 189 Å². The highest BCUT2D eigenvalue weighted by Crippen LogP contribution is 2.43. The summed E-state index contributed by atoms with van der Waals surface area (Å²) in [6.45, 7) is 24.1. The third-order valence-corrected chi connectivity index (χ3v) is 12.5. The first-order valence-electron chi connectivity index (χ1n) is 21.2. The Morgan fingerprint density at radius 1 is 0.344 bits per heavy atom. The molecule has 5 heterocycles. The second-order valence-corrected chi connectivity index (χ2v) is 17.5. The van der Waals surface area contributed by atoms with Crippen molar-refractivity contribution in [1.29, 1.82) is 0 Å². The third-order valence-electron chi connectivity index (χ3n) is 12.5. The van der Waals surface area contributed by atoms with Crippen LogP contribution in [0.15, 0.2) is 72.8 Å². The molecule has 4 aromatic carbocycles. The summed E-state index contributed by atoms with van der Waals surface area (Å²) in [7, 11) is 0. The molecule has 9 rings (SSSR count). The van der Waals surface area contributed by atoms with Crippen LogP contribution in [-0.4, -0.2) is 19.9 Å². The van der Waals surface area contributed by atoms with Crippen molar-refractivity contribution in [2.75, 3.05) is 0 Å². The first-order chi connectivity index (χ1) is 29.2. The molecule has 8 bridgehead atoms. The molecule has 4 nitrogen and oxygen atoms in total. The molecule has 0 saturated heterocycles. The number of aryl methyl sites for hydroxylation is 11. The number of nitrogens with one attached hydrogen (secondary N) is 2. The number of H-pyrrole nitrogens is 2. The van der Waals surface area contributed by atoms with E-state index in [4.69, 9.17) is 16.4 Å². The summed E-state index contributed by atoms with van der Waals surface area (Å²) in [5, 5.41) is 0. The molecule has 7 aromatic rings. The van der Waals surface area contributed by atoms with Crippen LogP contribution in [-0.2, 0) is 0 Å². The summed E-state index contributed by atoms with van der Waals surface area (Å²) in [5.41, 5.74) is 30.5. The maximum absolute atomic E-state index is 5.97. The summed E-state index contributed by atoms with van der Waals surface area (Å²) in [6, 6.07) is 26.8. The molecule has 61 heavy (non-hydrogen) atoms. The lowest BCUT2D eigenvalue weighted by Gasteiger charge is -2.15. The zero-order valence-corrected chi connectivity index (χ0v) is 37.2. The highest BCUT2D eigenvalue weighted by Gasteiger charge is 2.23. The molecule has 0 spiro atoms. The van der Waals surface area contributed by atoms with Gasteiger partial charge < -0.3 is 9.97 Å². The number of fused-ring (bicyclic) bond motifs is 8. The Labute approximate surface area is 360 Å². The lowest BCUT2D eigenvalue weighted by Crippen LogP contribution is -1.96. The van der Waals surface area contributed by atoms with Gasteiger partial charge in [0.15, 0.2) is 0 Å². The van der Waals surface area contributed by atoms with Gasteiger partial charge in [-0.05, 0) is 204 Å². The van der Waals surface area contributed by atoms with Crippen molar-refractivity contribution < 1.29 is 0 Å². The smallest absolute Gasteiger partial charge is 0.0737 e. The zero-order valence-electron chi connectivity index (χ0n) is 37.2. The van der Waals surface area contributed by atoms with Crippen LogP contribution < -0.4 is 0 Å². The standard InChI is InChI=1S/C57H52N4/c1-13-41-28-39(11)53(40(12)29-41)57-48-20-18-46(60-48)55(51-35(7)24-31(3)25-36(51)8)44-16-14-42(58-44)54(50-33(5)22-30(2)23-34(50)6)43-15-17-45(59-43)56(47-19-21-49(57)61-47)52-37(9)26-32(4)27-38(52)10/h1,14-29,58,61H,2-12H3. The molecule has 0 aliphatic carbocycles. The van der Waals surface area contributed by atoms with E-state index in [-0.39, 0.29) is 0 Å². The topological polar surface area (TPSA) is 57.4 Å². The predicted octanol–water partition coefficient (Wildman–Crippen LogP) is 14.7. The van der Waals surface area contributed by atoms with Gasteiger partial charge in [0, 0.05) is 49.9 Å². The molecule has 2 N–H and O–H groups in total. The van der Waals surface area contributed by atoms with Crippen LogP contribution in [0.4, 0.5) is 0 Å². The van der Waals surface area contributed by atoms with Crippen LogP contribution in [0.5, 0.6) is 0 Å². The quantitative estimate of drug-likeness (QED) is 0.174. The van der Waals surface area contributed by atoms with Gasteiger partial charge in [0.1, 0.15) is 0 Å². The molecule has 4 heteroatoms. The molecular formula is C57H52N4. The van der Waals surface area contributed by atoms with Gasteiger partial charge in [0.2, 0.25) is 0 Å². The molecule has 0 radical (unpaired) electrons. The Hall–Kier alpha value is -6.96. The Morgan fingerprint density at radius 2 is 0.574 bits per heavy atom. The van der Waals surface area contributed by atoms with Crippen molar-refractivity contribution >= 4 is 46.4 Å². The maximum atomic E-state index is 5.97. The molecule has 0 atom stereocenters. The average Bonchev–Trinajstić information content (AvgIpc) is 4.02. The van der Waals surface area contributed by atoms with Crippen LogP contribution in [0, 0.1) is 88.5 Å². The summed E-state index contributed by atoms with van der Waals surface area (Å²) >= 11 is 0. The number of nitrogens with zero attached hydrogens (tertiary/aromatic N) is 2. The number of terminal acetylenes is 1. The first kappa shape index (κ1) is 39.5. The van der Waals surface area contributed by atoms with Crippen molar-refractivity contribution in [3.63, 3.8) is 0 Å². The summed E-state index contributed by atoms with van der Waals surface area (Å²) in [6.07, 6.45) is 14.7. The van der Waals surface area contributed by atoms with Crippen LogP contribution in [0.2, 0.25) is 0 Å². The van der Waals surface area contributed by atoms with Crippen LogP contribution in [0.25, 0.3) is 90.9 Å². The van der Waals surface area contributed by atoms with Gasteiger partial charge in [0.05, 0.1) is 22.8 Å². The SMILES string of the molecule is C#Cc1cc(C)c(-c2c3nc(c(-c4c(C)cc(C)cc4C)c4ccc([nH]4)c(-c4c(C)cc(C)cc4C)c4nc(c(-c5c(C)cc(C)cc5C)c5ccc2[nH]5)C=C4)C=C3)c(C)c1. The second-order valence-electron chi connectivity index (χ2n) is 17.5. The van der Waals surface area contributed by atoms with Gasteiger partial charge in [-0.2, -0.15) is 0 Å². The Bertz CT molecular complexity index is 3170. The van der Waals surface area contributed by atoms with E-state index >= 15 is 0 Å². The molecule has 2 aliphatic rings. The number of hydrogen-bond donors (Lipinski definition) is 2. The van der Waals surface area contributed by atoms with E-state index in [1.54, 1.807) is 0 Å². The largest absolute Gasteiger partial charge is 0.354 e. The minimum absolute atomic E-state index is 0.866. The highest BCUT2D eigenvalue weighted by atomic mass is 14.8. The summed E-state index contributed by atoms with van der Waals surface area (Å²) < 4.78 is 0. The van der Waals surface area contributed by atoms with Gasteiger partial charge in [-0.25, -0.2) is 9.97 Å². The monoisotopic (exact) mass is 792 g/mol. The summed E-state index contributed by atoms with van der Waals surface area (Å²) in [4.78, 5) is 19.2. The number of hydrogen-bond acceptors (Lipinski definition) is 2. The molecule has 0 unspecified atom stereocenters. The van der Waals surface area contributed by atoms with Crippen LogP contribution in [0.1, 0.15) is 89.5 Å². The van der Waals surface area contributed by atoms with Gasteiger partial charge in [0.25, 0.3) is 0 Å². The number of aromatic amines is 2. The average molecular weight is 793 g/mol. The van der Waals surface area contributed by atoms with E-state index in [1.807, 2.05) is 0 Å². The van der Waals surface area contributed by atoms with Crippen molar-refractivity contribution in [3.05, 3.63) is 162 Å². The Kier molecular flexibility index (Phi) is 9.68. The lowest BCUT2D eigenvalue weighted by molar-refractivity contribution is 1.27. The van der Waals surface area contributed by atoms with Crippen LogP contribution in [0.3, 0.4) is 0 Å². The minimum atomic E-state index is 0.866. The summed E-state index contributed by atoms with van der Waals surface area (Å²) in [5.74, 6) is 2.87. The molecule has 0 amide bonds. The second kappa shape index (κ2) is 14.9. The molecule has 3 aromatic heterocycles. The van der Waals surface area contributed by atoms with Crippen molar-refractivity contribution in [1.82, 2.24) is 19.9 Å². The molecule has 2 aliphatic heterocycles. The number of rotatable bonds is 4. The van der Waals surface area contributed by atoms with Crippen molar-refractivity contribution in [2.45, 2.75) is 76.2 Å². The molecule has 0 saturated carbocycles. The lowest BCUT2D eigenvalue weighted by atomic mass is 9.92. The van der Waals surface area contributed by atoms with Gasteiger partial charge in [-0.3, -0.25) is 0 Å². The fourth-order valence-corrected chi connectivity index (χ4v) is 10.4. The molecular weight excluding hydrogens is 741 g/mol. The van der Waals surface area contributed by atoms with E-state index in [9.17, 15) is 0 Å². The highest BCUT2D eigenvalue weighted by molar-refractivity contribution is 6.02. The normalized spacial score (nSPS) is 12.0. The third kappa shape index (κ3) is 6.75. The predicted molar refractivity (Wildman–Crippen MR) is 261 cm³/mol. The van der Waals surface area contributed by atoms with E-state index < -0.39 is 0 Å². The van der Waals surface area contributed by atoms with Crippen molar-refractivity contribution in [3.8, 4) is 56.9 Å². The minimum Gasteiger partial charge on any atom is -0.354 e. The Balaban J connectivity index is 1.54. The van der Waals surface area contributed by atoms with E-state index in [1.165, 1.54) is 66.8 Å². The van der Waals surface area contributed by atoms with Gasteiger partial charge >= 0.3 is 0 Å². The fourth-order valence-electron chi connectivity index (χ4n) is 10.4. The maximum Gasteiger partial charge on any atom is 0.0737 e. The van der Waals surface area contributed by atoms with Gasteiger partial charge in [-0.15, -0.1) is 6.42 Å². The van der Waals surface area contributed by atoms with Crippen LogP contribution >= 0.6 is 0 Å². The molecule has 300 valence electrons. The fraction of sp³-hybridized carbons (Fsp3) is 0.193. The number of benzene rings is 4. The van der Waals surface area contributed by atoms with E-state index in [0.29, 0.717) is 0 Å². The van der Waals surface area contributed by atoms with Gasteiger partial charge in [-0.1, -0.05) is 59.0 Å².